The van der Waals surface area contributed by atoms with Crippen molar-refractivity contribution in [1.29, 1.82) is 0 Å². The molecule has 0 aromatic rings. The monoisotopic (exact) mass is 342 g/mol. The van der Waals surface area contributed by atoms with Crippen molar-refractivity contribution < 1.29 is 33.6 Å². The number of carbonyl (C=O) groups excluding carboxylic acids is 2. The summed E-state index contributed by atoms with van der Waals surface area (Å²) in [6.07, 6.45) is 0.704. The van der Waals surface area contributed by atoms with Gasteiger partial charge in [-0.15, -0.1) is 0 Å². The lowest BCUT2D eigenvalue weighted by atomic mass is 9.49. The van der Waals surface area contributed by atoms with Crippen molar-refractivity contribution in [2.45, 2.75) is 57.8 Å². The Morgan fingerprint density at radius 1 is 1.08 bits per heavy atom. The standard InChI is InChI=1S/C17H26O7/c1-3-21-13(19)15-6-7-16(10-12(15)18,14(20)22-4-2)17(11-15)23-8-5-9-24-17/h12,18H,3-11H2,1-2H3/t12-,15-,16+/m1/s1. The summed E-state index contributed by atoms with van der Waals surface area (Å²) in [4.78, 5) is 25.4. The molecular weight excluding hydrogens is 316 g/mol. The summed E-state index contributed by atoms with van der Waals surface area (Å²) in [7, 11) is 0. The van der Waals surface area contributed by atoms with Gasteiger partial charge in [0.1, 0.15) is 5.41 Å². The molecule has 0 amide bonds. The van der Waals surface area contributed by atoms with Gasteiger partial charge in [-0.2, -0.15) is 0 Å². The fourth-order valence-electron chi connectivity index (χ4n) is 4.52. The van der Waals surface area contributed by atoms with Crippen molar-refractivity contribution in [1.82, 2.24) is 0 Å². The second-order valence-corrected chi connectivity index (χ2v) is 6.88. The number of esters is 2. The molecule has 1 saturated heterocycles. The van der Waals surface area contributed by atoms with Crippen LogP contribution in [0, 0.1) is 10.8 Å². The molecular formula is C17H26O7. The van der Waals surface area contributed by atoms with Gasteiger partial charge in [0.2, 0.25) is 0 Å². The van der Waals surface area contributed by atoms with Gasteiger partial charge in [0.25, 0.3) is 0 Å². The molecule has 0 radical (unpaired) electrons. The number of hydrogen-bond acceptors (Lipinski definition) is 7. The minimum atomic E-state index is -1.22. The van der Waals surface area contributed by atoms with E-state index in [0.29, 0.717) is 26.1 Å². The average molecular weight is 342 g/mol. The molecule has 7 heteroatoms. The Morgan fingerprint density at radius 3 is 2.29 bits per heavy atom. The average Bonchev–Trinajstić information content (AvgIpc) is 2.57. The Balaban J connectivity index is 2.01. The first-order chi connectivity index (χ1) is 11.5. The summed E-state index contributed by atoms with van der Waals surface area (Å²) < 4.78 is 22.5. The molecule has 136 valence electrons. The Bertz CT molecular complexity index is 513. The lowest BCUT2D eigenvalue weighted by molar-refractivity contribution is -0.371. The van der Waals surface area contributed by atoms with Crippen LogP contribution in [0.2, 0.25) is 0 Å². The molecule has 0 unspecified atom stereocenters. The lowest BCUT2D eigenvalue weighted by Crippen LogP contribution is -2.72. The predicted molar refractivity (Wildman–Crippen MR) is 81.9 cm³/mol. The summed E-state index contributed by atoms with van der Waals surface area (Å²) in [5, 5.41) is 10.7. The van der Waals surface area contributed by atoms with Crippen LogP contribution in [-0.4, -0.2) is 55.4 Å². The molecule has 4 fully saturated rings. The molecule has 1 heterocycles. The van der Waals surface area contributed by atoms with Gasteiger partial charge in [0.05, 0.1) is 37.9 Å². The maximum Gasteiger partial charge on any atom is 0.317 e. The van der Waals surface area contributed by atoms with Gasteiger partial charge in [-0.1, -0.05) is 0 Å². The Kier molecular flexibility index (Phi) is 4.61. The van der Waals surface area contributed by atoms with Gasteiger partial charge in [0, 0.05) is 6.42 Å². The molecule has 0 aromatic carbocycles. The summed E-state index contributed by atoms with van der Waals surface area (Å²) in [6.45, 7) is 4.88. The number of hydrogen-bond donors (Lipinski definition) is 1. The van der Waals surface area contributed by atoms with E-state index >= 15 is 0 Å². The van der Waals surface area contributed by atoms with E-state index in [4.69, 9.17) is 18.9 Å². The van der Waals surface area contributed by atoms with Crippen molar-refractivity contribution in [2.24, 2.45) is 10.8 Å². The van der Waals surface area contributed by atoms with E-state index in [1.807, 2.05) is 0 Å². The van der Waals surface area contributed by atoms with Gasteiger partial charge < -0.3 is 24.1 Å². The SMILES string of the molecule is CCOC(=O)[C@@]12CC[C@@](C(=O)OCC)(C[C@H]1O)C1(C2)OCCCO1. The van der Waals surface area contributed by atoms with E-state index in [9.17, 15) is 14.7 Å². The Morgan fingerprint density at radius 2 is 1.71 bits per heavy atom. The van der Waals surface area contributed by atoms with Crippen LogP contribution in [0.15, 0.2) is 0 Å². The molecule has 7 nitrogen and oxygen atoms in total. The van der Waals surface area contributed by atoms with Gasteiger partial charge in [0.15, 0.2) is 5.79 Å². The third kappa shape index (κ3) is 2.29. The van der Waals surface area contributed by atoms with E-state index in [1.54, 1.807) is 13.8 Å². The molecule has 4 rings (SSSR count). The van der Waals surface area contributed by atoms with Crippen LogP contribution in [0.25, 0.3) is 0 Å². The van der Waals surface area contributed by atoms with Gasteiger partial charge in [-0.25, -0.2) is 0 Å². The van der Waals surface area contributed by atoms with Gasteiger partial charge in [-0.3, -0.25) is 9.59 Å². The van der Waals surface area contributed by atoms with Crippen LogP contribution < -0.4 is 0 Å². The zero-order chi connectivity index (χ0) is 17.4. The number of aliphatic hydroxyl groups is 1. The summed E-state index contributed by atoms with van der Waals surface area (Å²) in [5.74, 6) is -2.07. The van der Waals surface area contributed by atoms with Crippen molar-refractivity contribution in [3.05, 3.63) is 0 Å². The second kappa shape index (κ2) is 6.28. The number of rotatable bonds is 4. The Hall–Kier alpha value is -1.18. The number of carbonyl (C=O) groups is 2. The third-order valence-corrected chi connectivity index (χ3v) is 5.76. The largest absolute Gasteiger partial charge is 0.465 e. The molecule has 3 saturated carbocycles. The topological polar surface area (TPSA) is 91.3 Å². The van der Waals surface area contributed by atoms with E-state index in [0.717, 1.165) is 6.42 Å². The summed E-state index contributed by atoms with van der Waals surface area (Å²) >= 11 is 0. The van der Waals surface area contributed by atoms with Crippen LogP contribution in [0.1, 0.15) is 46.0 Å². The maximum absolute atomic E-state index is 12.8. The number of aliphatic hydroxyl groups excluding tert-OH is 1. The maximum atomic E-state index is 12.8. The van der Waals surface area contributed by atoms with Crippen LogP contribution in [0.4, 0.5) is 0 Å². The van der Waals surface area contributed by atoms with E-state index < -0.39 is 34.7 Å². The molecule has 1 spiro atoms. The second-order valence-electron chi connectivity index (χ2n) is 6.88. The van der Waals surface area contributed by atoms with E-state index in [-0.39, 0.29) is 26.1 Å². The molecule has 1 aliphatic heterocycles. The highest BCUT2D eigenvalue weighted by atomic mass is 16.7. The van der Waals surface area contributed by atoms with E-state index in [1.165, 1.54) is 0 Å². The van der Waals surface area contributed by atoms with E-state index in [2.05, 4.69) is 0 Å². The van der Waals surface area contributed by atoms with Crippen LogP contribution in [-0.2, 0) is 28.5 Å². The fourth-order valence-corrected chi connectivity index (χ4v) is 4.52. The van der Waals surface area contributed by atoms with Crippen molar-refractivity contribution in [3.8, 4) is 0 Å². The minimum Gasteiger partial charge on any atom is -0.465 e. The predicted octanol–water partition coefficient (Wildman–Crippen LogP) is 1.17. The lowest BCUT2D eigenvalue weighted by Gasteiger charge is -2.62. The van der Waals surface area contributed by atoms with Gasteiger partial charge >= 0.3 is 11.9 Å². The van der Waals surface area contributed by atoms with Crippen LogP contribution in [0.3, 0.4) is 0 Å². The molecule has 0 aromatic heterocycles. The summed E-state index contributed by atoms with van der Waals surface area (Å²) in [5.41, 5.74) is -2.15. The summed E-state index contributed by atoms with van der Waals surface area (Å²) in [6, 6.07) is 0. The number of ether oxygens (including phenoxy) is 4. The first kappa shape index (κ1) is 17.6. The molecule has 2 bridgehead atoms. The molecule has 1 N–H and O–H groups in total. The van der Waals surface area contributed by atoms with Crippen molar-refractivity contribution >= 4 is 11.9 Å². The highest BCUT2D eigenvalue weighted by molar-refractivity contribution is 5.84. The normalized spacial score (nSPS) is 37.2. The zero-order valence-corrected chi connectivity index (χ0v) is 14.3. The zero-order valence-electron chi connectivity index (χ0n) is 14.3. The smallest absolute Gasteiger partial charge is 0.317 e. The quantitative estimate of drug-likeness (QED) is 0.767. The highest BCUT2D eigenvalue weighted by Crippen LogP contribution is 2.64. The number of fused-ring (bicyclic) bond motifs is 2. The van der Waals surface area contributed by atoms with Crippen molar-refractivity contribution in [2.75, 3.05) is 26.4 Å². The molecule has 4 aliphatic rings. The third-order valence-electron chi connectivity index (χ3n) is 5.76. The fraction of sp³-hybridized carbons (Fsp3) is 0.882. The molecule has 3 atom stereocenters. The van der Waals surface area contributed by atoms with Gasteiger partial charge in [-0.05, 0) is 39.5 Å². The van der Waals surface area contributed by atoms with Crippen molar-refractivity contribution in [3.63, 3.8) is 0 Å². The molecule has 24 heavy (non-hydrogen) atoms. The molecule has 3 aliphatic carbocycles. The first-order valence-electron chi connectivity index (χ1n) is 8.77. The first-order valence-corrected chi connectivity index (χ1v) is 8.77. The highest BCUT2D eigenvalue weighted by Gasteiger charge is 2.74. The Labute approximate surface area is 141 Å². The van der Waals surface area contributed by atoms with Crippen LogP contribution >= 0.6 is 0 Å². The van der Waals surface area contributed by atoms with Crippen LogP contribution in [0.5, 0.6) is 0 Å². The minimum absolute atomic E-state index is 0.0879.